The Labute approximate surface area is 101 Å². The molecule has 94 valence electrons. The molecule has 0 amide bonds. The Morgan fingerprint density at radius 1 is 1.41 bits per heavy atom. The molecule has 1 aliphatic heterocycles. The molecule has 0 radical (unpaired) electrons. The average Bonchev–Trinajstić information content (AvgIpc) is 2.40. The van der Waals surface area contributed by atoms with E-state index in [1.54, 1.807) is 13.4 Å². The van der Waals surface area contributed by atoms with E-state index in [0.29, 0.717) is 0 Å². The van der Waals surface area contributed by atoms with Gasteiger partial charge >= 0.3 is 0 Å². The van der Waals surface area contributed by atoms with E-state index in [1.165, 1.54) is 0 Å². The number of anilines is 2. The van der Waals surface area contributed by atoms with Gasteiger partial charge < -0.3 is 20.3 Å². The quantitative estimate of drug-likeness (QED) is 0.786. The first-order chi connectivity index (χ1) is 8.36. The van der Waals surface area contributed by atoms with Crippen molar-refractivity contribution in [3.8, 4) is 5.75 Å². The highest BCUT2D eigenvalue weighted by Gasteiger charge is 2.19. The lowest BCUT2D eigenvalue weighted by molar-refractivity contribution is 0.410. The van der Waals surface area contributed by atoms with Crippen LogP contribution >= 0.6 is 0 Å². The maximum absolute atomic E-state index is 5.43. The van der Waals surface area contributed by atoms with E-state index in [1.807, 2.05) is 6.92 Å². The van der Waals surface area contributed by atoms with Crippen LogP contribution in [0.15, 0.2) is 6.33 Å². The zero-order valence-corrected chi connectivity index (χ0v) is 10.4. The van der Waals surface area contributed by atoms with E-state index in [-0.39, 0.29) is 0 Å². The third-order valence-corrected chi connectivity index (χ3v) is 2.75. The molecule has 0 atom stereocenters. The second kappa shape index (κ2) is 5.67. The molecule has 6 heteroatoms. The van der Waals surface area contributed by atoms with Gasteiger partial charge in [0, 0.05) is 32.7 Å². The minimum atomic E-state index is 0.733. The van der Waals surface area contributed by atoms with Gasteiger partial charge in [0.1, 0.15) is 6.33 Å². The molecule has 1 aromatic heterocycles. The van der Waals surface area contributed by atoms with E-state index in [2.05, 4.69) is 25.5 Å². The molecule has 0 unspecified atom stereocenters. The highest BCUT2D eigenvalue weighted by molar-refractivity contribution is 5.64. The number of hydrogen-bond donors (Lipinski definition) is 2. The van der Waals surface area contributed by atoms with Gasteiger partial charge in [0.25, 0.3) is 0 Å². The van der Waals surface area contributed by atoms with Crippen LogP contribution in [-0.2, 0) is 0 Å². The topological polar surface area (TPSA) is 62.3 Å². The van der Waals surface area contributed by atoms with Gasteiger partial charge in [-0.25, -0.2) is 9.97 Å². The number of nitrogens with zero attached hydrogens (tertiary/aromatic N) is 3. The largest absolute Gasteiger partial charge is 0.490 e. The van der Waals surface area contributed by atoms with Crippen molar-refractivity contribution in [3.05, 3.63) is 6.33 Å². The molecule has 1 saturated heterocycles. The summed E-state index contributed by atoms with van der Waals surface area (Å²) >= 11 is 0. The predicted octanol–water partition coefficient (Wildman–Crippen LogP) is 0.327. The summed E-state index contributed by atoms with van der Waals surface area (Å²) in [5.41, 5.74) is 0. The van der Waals surface area contributed by atoms with Crippen molar-refractivity contribution in [1.82, 2.24) is 15.3 Å². The number of rotatable bonds is 4. The first-order valence-electron chi connectivity index (χ1n) is 5.95. The van der Waals surface area contributed by atoms with Crippen LogP contribution in [-0.4, -0.2) is 49.8 Å². The fourth-order valence-electron chi connectivity index (χ4n) is 1.95. The Kier molecular flexibility index (Phi) is 3.98. The van der Waals surface area contributed by atoms with Crippen molar-refractivity contribution >= 4 is 11.6 Å². The smallest absolute Gasteiger partial charge is 0.204 e. The zero-order chi connectivity index (χ0) is 12.1. The van der Waals surface area contributed by atoms with E-state index in [0.717, 1.165) is 50.1 Å². The lowest BCUT2D eigenvalue weighted by Gasteiger charge is -2.29. The first kappa shape index (κ1) is 11.9. The van der Waals surface area contributed by atoms with Crippen molar-refractivity contribution in [2.24, 2.45) is 0 Å². The molecular formula is C11H19N5O. The van der Waals surface area contributed by atoms with E-state index < -0.39 is 0 Å². The summed E-state index contributed by atoms with van der Waals surface area (Å²) in [5, 5.41) is 6.51. The molecule has 1 aliphatic rings. The highest BCUT2D eigenvalue weighted by Crippen LogP contribution is 2.31. The standard InChI is InChI=1S/C11H19N5O/c1-3-13-10-9(17-2)11(15-8-14-10)16-6-4-12-5-7-16/h8,12H,3-7H2,1-2H3,(H,13,14,15). The summed E-state index contributed by atoms with van der Waals surface area (Å²) in [4.78, 5) is 10.8. The van der Waals surface area contributed by atoms with Gasteiger partial charge in [-0.1, -0.05) is 0 Å². The Morgan fingerprint density at radius 3 is 2.82 bits per heavy atom. The zero-order valence-electron chi connectivity index (χ0n) is 10.4. The van der Waals surface area contributed by atoms with Gasteiger partial charge in [0.05, 0.1) is 7.11 Å². The Morgan fingerprint density at radius 2 is 2.18 bits per heavy atom. The maximum atomic E-state index is 5.43. The Balaban J connectivity index is 2.28. The maximum Gasteiger partial charge on any atom is 0.204 e. The van der Waals surface area contributed by atoms with E-state index in [9.17, 15) is 0 Å². The third kappa shape index (κ3) is 2.58. The van der Waals surface area contributed by atoms with Crippen LogP contribution in [0.4, 0.5) is 11.6 Å². The van der Waals surface area contributed by atoms with Crippen molar-refractivity contribution in [3.63, 3.8) is 0 Å². The molecule has 0 aliphatic carbocycles. The highest BCUT2D eigenvalue weighted by atomic mass is 16.5. The molecule has 1 aromatic rings. The van der Waals surface area contributed by atoms with Crippen LogP contribution in [0.2, 0.25) is 0 Å². The number of nitrogens with one attached hydrogen (secondary N) is 2. The molecule has 0 spiro atoms. The van der Waals surface area contributed by atoms with Crippen molar-refractivity contribution in [2.75, 3.05) is 50.1 Å². The van der Waals surface area contributed by atoms with Crippen LogP contribution in [0.5, 0.6) is 5.75 Å². The fourth-order valence-corrected chi connectivity index (χ4v) is 1.95. The number of hydrogen-bond acceptors (Lipinski definition) is 6. The summed E-state index contributed by atoms with van der Waals surface area (Å²) in [6.45, 7) is 6.69. The SMILES string of the molecule is CCNc1ncnc(N2CCNCC2)c1OC. The van der Waals surface area contributed by atoms with Gasteiger partial charge in [0.15, 0.2) is 11.6 Å². The van der Waals surface area contributed by atoms with Gasteiger partial charge in [-0.2, -0.15) is 0 Å². The summed E-state index contributed by atoms with van der Waals surface area (Å²) in [6, 6.07) is 0. The Hall–Kier alpha value is -1.56. The molecule has 0 aromatic carbocycles. The fraction of sp³-hybridized carbons (Fsp3) is 0.636. The third-order valence-electron chi connectivity index (χ3n) is 2.75. The van der Waals surface area contributed by atoms with Crippen LogP contribution in [0.25, 0.3) is 0 Å². The molecule has 1 fully saturated rings. The molecule has 6 nitrogen and oxygen atoms in total. The lowest BCUT2D eigenvalue weighted by Crippen LogP contribution is -2.44. The van der Waals surface area contributed by atoms with Crippen molar-refractivity contribution < 1.29 is 4.74 Å². The van der Waals surface area contributed by atoms with Gasteiger partial charge in [-0.05, 0) is 6.92 Å². The number of aromatic nitrogens is 2. The first-order valence-corrected chi connectivity index (χ1v) is 5.95. The Bertz CT molecular complexity index is 365. The number of methoxy groups -OCH3 is 1. The molecule has 2 N–H and O–H groups in total. The van der Waals surface area contributed by atoms with Gasteiger partial charge in [0.2, 0.25) is 5.75 Å². The number of ether oxygens (including phenoxy) is 1. The normalized spacial score (nSPS) is 15.8. The molecule has 2 heterocycles. The monoisotopic (exact) mass is 237 g/mol. The van der Waals surface area contributed by atoms with Crippen LogP contribution in [0.1, 0.15) is 6.92 Å². The summed E-state index contributed by atoms with van der Waals surface area (Å²) in [7, 11) is 1.66. The predicted molar refractivity (Wildman–Crippen MR) is 67.8 cm³/mol. The summed E-state index contributed by atoms with van der Waals surface area (Å²) in [6.07, 6.45) is 1.58. The minimum absolute atomic E-state index is 0.733. The lowest BCUT2D eigenvalue weighted by atomic mass is 10.3. The van der Waals surface area contributed by atoms with Gasteiger partial charge in [-0.15, -0.1) is 0 Å². The average molecular weight is 237 g/mol. The van der Waals surface area contributed by atoms with E-state index in [4.69, 9.17) is 4.74 Å². The molecule has 17 heavy (non-hydrogen) atoms. The van der Waals surface area contributed by atoms with E-state index >= 15 is 0 Å². The molecule has 0 saturated carbocycles. The second-order valence-electron chi connectivity index (χ2n) is 3.85. The van der Waals surface area contributed by atoms with Gasteiger partial charge in [-0.3, -0.25) is 0 Å². The summed E-state index contributed by atoms with van der Waals surface area (Å²) < 4.78 is 5.43. The summed E-state index contributed by atoms with van der Waals surface area (Å²) in [5.74, 6) is 2.37. The minimum Gasteiger partial charge on any atom is -0.490 e. The molecule has 2 rings (SSSR count). The van der Waals surface area contributed by atoms with Crippen molar-refractivity contribution in [2.45, 2.75) is 6.92 Å². The number of piperazine rings is 1. The molecule has 0 bridgehead atoms. The van der Waals surface area contributed by atoms with Crippen LogP contribution in [0, 0.1) is 0 Å². The van der Waals surface area contributed by atoms with Crippen LogP contribution < -0.4 is 20.3 Å². The second-order valence-corrected chi connectivity index (χ2v) is 3.85. The van der Waals surface area contributed by atoms with Crippen LogP contribution in [0.3, 0.4) is 0 Å². The van der Waals surface area contributed by atoms with Crippen molar-refractivity contribution in [1.29, 1.82) is 0 Å². The molecular weight excluding hydrogens is 218 g/mol.